The maximum atomic E-state index is 16.3. The van der Waals surface area contributed by atoms with E-state index in [1.54, 1.807) is 19.2 Å². The van der Waals surface area contributed by atoms with E-state index < -0.39 is 60.9 Å². The van der Waals surface area contributed by atoms with E-state index in [2.05, 4.69) is 56.0 Å². The lowest BCUT2D eigenvalue weighted by molar-refractivity contribution is -0.384. The molecule has 2 aliphatic carbocycles. The molecule has 3 saturated heterocycles. The molecule has 3 aromatic carbocycles. The predicted octanol–water partition coefficient (Wildman–Crippen LogP) is 7.99. The maximum Gasteiger partial charge on any atom is 0.297 e. The van der Waals surface area contributed by atoms with Gasteiger partial charge in [-0.3, -0.25) is 19.8 Å². The molecule has 7 heterocycles. The number of aromatic amines is 1. The number of amides is 1. The van der Waals surface area contributed by atoms with Crippen LogP contribution in [0.3, 0.4) is 0 Å². The number of likely N-dealkylation sites (tertiary alicyclic amines) is 1. The number of sulfonamides is 1. The number of H-pyrrole nitrogens is 1. The molecular weight excluding hydrogens is 932 g/mol. The van der Waals surface area contributed by atoms with Crippen LogP contribution in [0.1, 0.15) is 98.7 Å². The quantitative estimate of drug-likeness (QED) is 0.0817. The number of piperidine rings is 1. The summed E-state index contributed by atoms with van der Waals surface area (Å²) in [7, 11) is -4.79. The number of alkyl halides is 1. The Hall–Kier alpha value is -6.02. The lowest BCUT2D eigenvalue weighted by Crippen LogP contribution is -2.55. The molecule has 17 nitrogen and oxygen atoms in total. The summed E-state index contributed by atoms with van der Waals surface area (Å²) in [4.78, 5) is 40.9. The zero-order valence-electron chi connectivity index (χ0n) is 39.9. The summed E-state index contributed by atoms with van der Waals surface area (Å²) in [6.07, 6.45) is 8.58. The first-order valence-corrected chi connectivity index (χ1v) is 26.5. The fraction of sp³-hybridized carbons (Fsp3) is 0.500. The summed E-state index contributed by atoms with van der Waals surface area (Å²) in [5.41, 5.74) is 1.98. The highest BCUT2D eigenvalue weighted by molar-refractivity contribution is 7.90. The van der Waals surface area contributed by atoms with Crippen LogP contribution in [0, 0.1) is 22.5 Å². The standard InChI is InChI=1S/C52H59FN8O9S/c1-31-6-3-4-7-36(31)38-8-5-19-59(38)34-26-51(27-34)16-20-58(21-17-51)33-9-10-37(39(23-33)60-41-22-32-11-18-54-47(32)56-49(41)70-44-29-68-28-42(44)60)48(62)57-71(66,67)35-24-40(61(64)65)46-43(25-35)69-30-45(55-46)52(53)14-12-50(2,63)13-15-52/h3-4,6-7,9-11,18,22-25,34,38,42,44-45,55,63H,5,8,12-17,19-21,26-30H2,1-2H3,(H,54,56)(H,57,62)/t38-,42+,44+,45-,50?,52?/m0/s1. The number of halogens is 1. The van der Waals surface area contributed by atoms with Gasteiger partial charge in [-0.05, 0) is 131 Å². The van der Waals surface area contributed by atoms with Crippen LogP contribution in [-0.4, -0.2) is 114 Å². The number of ether oxygens (including phenoxy) is 3. The van der Waals surface area contributed by atoms with Crippen molar-refractivity contribution < 1.29 is 41.8 Å². The average molecular weight is 991 g/mol. The summed E-state index contributed by atoms with van der Waals surface area (Å²) in [6.45, 7) is 6.94. The van der Waals surface area contributed by atoms with Crippen LogP contribution in [0.15, 0.2) is 77.8 Å². The molecule has 2 aromatic heterocycles. The maximum absolute atomic E-state index is 16.3. The number of fused-ring (bicyclic) bond motifs is 4. The Kier molecular flexibility index (Phi) is 11.1. The van der Waals surface area contributed by atoms with E-state index in [0.717, 1.165) is 55.7 Å². The molecule has 1 spiro atoms. The molecule has 5 aromatic rings. The van der Waals surface area contributed by atoms with Gasteiger partial charge in [0.2, 0.25) is 5.88 Å². The number of rotatable bonds is 9. The molecule has 2 saturated carbocycles. The topological polar surface area (TPSA) is 205 Å². The van der Waals surface area contributed by atoms with Gasteiger partial charge < -0.3 is 39.4 Å². The van der Waals surface area contributed by atoms with Crippen LogP contribution in [0.5, 0.6) is 11.6 Å². The third-order valence-corrected chi connectivity index (χ3v) is 18.3. The van der Waals surface area contributed by atoms with E-state index in [9.17, 15) is 28.4 Å². The van der Waals surface area contributed by atoms with E-state index in [1.807, 2.05) is 29.2 Å². The molecule has 1 amide bonds. The summed E-state index contributed by atoms with van der Waals surface area (Å²) >= 11 is 0. The Morgan fingerprint density at radius 2 is 1.76 bits per heavy atom. The van der Waals surface area contributed by atoms with Crippen molar-refractivity contribution in [1.29, 1.82) is 0 Å². The van der Waals surface area contributed by atoms with Crippen molar-refractivity contribution in [1.82, 2.24) is 19.6 Å². The number of anilines is 4. The van der Waals surface area contributed by atoms with Gasteiger partial charge in [0.05, 0.1) is 52.0 Å². The molecule has 5 fully saturated rings. The molecule has 0 radical (unpaired) electrons. The van der Waals surface area contributed by atoms with E-state index in [0.29, 0.717) is 35.0 Å². The zero-order chi connectivity index (χ0) is 49.0. The van der Waals surface area contributed by atoms with E-state index in [-0.39, 0.29) is 67.9 Å². The van der Waals surface area contributed by atoms with Crippen molar-refractivity contribution in [3.8, 4) is 11.6 Å². The van der Waals surface area contributed by atoms with E-state index in [1.165, 1.54) is 36.8 Å². The number of nitrogens with one attached hydrogen (secondary N) is 3. The number of carbonyl (C=O) groups excluding carboxylic acids is 1. The van der Waals surface area contributed by atoms with Gasteiger partial charge in [0, 0.05) is 54.6 Å². The van der Waals surface area contributed by atoms with Gasteiger partial charge in [-0.15, -0.1) is 0 Å². The second-order valence-electron chi connectivity index (χ2n) is 21.4. The molecule has 19 heteroatoms. The summed E-state index contributed by atoms with van der Waals surface area (Å²) < 4.78 is 65.4. The molecule has 0 bridgehead atoms. The number of aliphatic hydroxyl groups is 1. The Bertz CT molecular complexity index is 3050. The molecular formula is C52H59FN8O9S. The monoisotopic (exact) mass is 990 g/mol. The fourth-order valence-electron chi connectivity index (χ4n) is 12.8. The number of carbonyl (C=O) groups is 1. The van der Waals surface area contributed by atoms with Gasteiger partial charge >= 0.3 is 0 Å². The minimum absolute atomic E-state index is 0.0111. The Morgan fingerprint density at radius 3 is 2.54 bits per heavy atom. The van der Waals surface area contributed by atoms with Gasteiger partial charge in [-0.1, -0.05) is 24.3 Å². The highest BCUT2D eigenvalue weighted by atomic mass is 32.2. The number of nitrogens with zero attached hydrogens (tertiary/aromatic N) is 5. The lowest BCUT2D eigenvalue weighted by Gasteiger charge is -2.56. The highest BCUT2D eigenvalue weighted by Crippen LogP contribution is 2.55. The predicted molar refractivity (Wildman–Crippen MR) is 264 cm³/mol. The first kappa shape index (κ1) is 46.1. The Labute approximate surface area is 411 Å². The van der Waals surface area contributed by atoms with Gasteiger partial charge in [-0.2, -0.15) is 4.98 Å². The molecule has 4 N–H and O–H groups in total. The largest absolute Gasteiger partial charge is 0.489 e. The van der Waals surface area contributed by atoms with Crippen molar-refractivity contribution in [3.05, 3.63) is 99.7 Å². The van der Waals surface area contributed by atoms with Crippen molar-refractivity contribution in [2.24, 2.45) is 5.41 Å². The number of nitro benzene ring substituents is 1. The highest BCUT2D eigenvalue weighted by Gasteiger charge is 2.51. The summed E-state index contributed by atoms with van der Waals surface area (Å²) in [5, 5.41) is 26.7. The Balaban J connectivity index is 0.832. The molecule has 7 aliphatic rings. The molecule has 5 aliphatic heterocycles. The fourth-order valence-corrected chi connectivity index (χ4v) is 13.8. The number of hydrogen-bond acceptors (Lipinski definition) is 14. The smallest absolute Gasteiger partial charge is 0.297 e. The van der Waals surface area contributed by atoms with Crippen molar-refractivity contribution >= 4 is 55.4 Å². The average Bonchev–Trinajstić information content (AvgIpc) is 4.14. The van der Waals surface area contributed by atoms with Crippen molar-refractivity contribution in [3.63, 3.8) is 0 Å². The van der Waals surface area contributed by atoms with Gasteiger partial charge in [0.1, 0.15) is 29.7 Å². The minimum Gasteiger partial charge on any atom is -0.489 e. The number of nitro groups is 1. The van der Waals surface area contributed by atoms with E-state index >= 15 is 4.39 Å². The van der Waals surface area contributed by atoms with E-state index in [4.69, 9.17) is 19.2 Å². The van der Waals surface area contributed by atoms with Crippen LogP contribution in [0.25, 0.3) is 11.0 Å². The number of aryl methyl sites for hydroxylation is 1. The number of benzene rings is 3. The van der Waals surface area contributed by atoms with Crippen molar-refractivity contribution in [2.45, 2.75) is 124 Å². The van der Waals surface area contributed by atoms with Gasteiger partial charge in [0.25, 0.3) is 21.6 Å². The zero-order valence-corrected chi connectivity index (χ0v) is 40.7. The molecule has 71 heavy (non-hydrogen) atoms. The van der Waals surface area contributed by atoms with Crippen LogP contribution < -0.4 is 29.3 Å². The molecule has 4 atom stereocenters. The molecule has 374 valence electrons. The van der Waals surface area contributed by atoms with Crippen molar-refractivity contribution in [2.75, 3.05) is 54.6 Å². The Morgan fingerprint density at radius 1 is 0.972 bits per heavy atom. The van der Waals surface area contributed by atoms with Crippen LogP contribution in [0.2, 0.25) is 0 Å². The second kappa shape index (κ2) is 17.1. The molecule has 12 rings (SSSR count). The van der Waals surface area contributed by atoms with Gasteiger partial charge in [0.15, 0.2) is 11.4 Å². The second-order valence-corrected chi connectivity index (χ2v) is 23.1. The summed E-state index contributed by atoms with van der Waals surface area (Å²) in [6, 6.07) is 19.7. The van der Waals surface area contributed by atoms with Crippen LogP contribution in [-0.2, 0) is 14.8 Å². The van der Waals surface area contributed by atoms with Gasteiger partial charge in [-0.25, -0.2) is 17.5 Å². The summed E-state index contributed by atoms with van der Waals surface area (Å²) in [5.74, 6) is -0.782. The third-order valence-electron chi connectivity index (χ3n) is 17.0. The normalized spacial score (nSPS) is 28.3. The molecule has 0 unspecified atom stereocenters. The first-order valence-electron chi connectivity index (χ1n) is 25.0. The SMILES string of the molecule is Cc1ccccc1[C@@H]1CCCN1C1CC2(CCN(c3ccc(C(=O)NS(=O)(=O)c4cc5c(c([N+](=O)[O-])c4)N[C@H](C4(F)CCC(C)(O)CC4)CO5)c(N4c5cc6cc[nH]c6nc5O[C@@H]5COC[C@H]54)c3)CC2)C1. The number of hydrogen-bond donors (Lipinski definition) is 4. The van der Waals surface area contributed by atoms with Crippen LogP contribution >= 0.6 is 0 Å². The third kappa shape index (κ3) is 8.12. The minimum atomic E-state index is -4.79. The lowest BCUT2D eigenvalue weighted by atomic mass is 9.59. The first-order chi connectivity index (χ1) is 34.1. The number of aromatic nitrogens is 2. The number of pyridine rings is 1. The van der Waals surface area contributed by atoms with Crippen LogP contribution in [0.4, 0.5) is 32.8 Å².